The number of ether oxygens (including phenoxy) is 1. The molecule has 2 aromatic rings. The van der Waals surface area contributed by atoms with Crippen molar-refractivity contribution in [2.75, 3.05) is 31.2 Å². The summed E-state index contributed by atoms with van der Waals surface area (Å²) in [4.78, 5) is 10.7. The third kappa shape index (κ3) is 2.14. The Hall–Kier alpha value is -1.82. The van der Waals surface area contributed by atoms with Gasteiger partial charge >= 0.3 is 0 Å². The molecule has 0 atom stereocenters. The molecule has 2 aliphatic heterocycles. The molecule has 2 fully saturated rings. The van der Waals surface area contributed by atoms with E-state index in [1.165, 1.54) is 0 Å². The van der Waals surface area contributed by atoms with Gasteiger partial charge in [-0.25, -0.2) is 13.8 Å². The van der Waals surface area contributed by atoms with Gasteiger partial charge in [0.15, 0.2) is 11.6 Å². The molecule has 0 amide bonds. The molecule has 0 radical (unpaired) electrons. The second-order valence-electron chi connectivity index (χ2n) is 5.95. The van der Waals surface area contributed by atoms with Gasteiger partial charge in [-0.05, 0) is 12.8 Å². The Morgan fingerprint density at radius 1 is 1.05 bits per heavy atom. The number of rotatable bonds is 1. The first-order valence-corrected chi connectivity index (χ1v) is 7.10. The highest BCUT2D eigenvalue weighted by molar-refractivity contribution is 5.75. The molecule has 2 aliphatic rings. The van der Waals surface area contributed by atoms with Crippen molar-refractivity contribution < 1.29 is 13.5 Å². The van der Waals surface area contributed by atoms with E-state index in [9.17, 15) is 8.78 Å². The molecule has 21 heavy (non-hydrogen) atoms. The zero-order valence-electron chi connectivity index (χ0n) is 11.5. The predicted molar refractivity (Wildman–Crippen MR) is 74.2 cm³/mol. The van der Waals surface area contributed by atoms with Crippen LogP contribution in [0.1, 0.15) is 12.8 Å². The topological polar surface area (TPSA) is 38.2 Å². The van der Waals surface area contributed by atoms with Crippen LogP contribution in [0.15, 0.2) is 18.3 Å². The molecule has 0 aliphatic carbocycles. The van der Waals surface area contributed by atoms with Crippen LogP contribution in [0.3, 0.4) is 0 Å². The first kappa shape index (κ1) is 12.9. The van der Waals surface area contributed by atoms with Gasteiger partial charge in [-0.3, -0.25) is 4.98 Å². The Morgan fingerprint density at radius 2 is 1.71 bits per heavy atom. The highest BCUT2D eigenvalue weighted by Gasteiger charge is 2.44. The Morgan fingerprint density at radius 3 is 2.43 bits per heavy atom. The Kier molecular flexibility index (Phi) is 2.82. The fourth-order valence-corrected chi connectivity index (χ4v) is 3.20. The molecule has 110 valence electrons. The minimum Gasteiger partial charge on any atom is -0.381 e. The van der Waals surface area contributed by atoms with Crippen LogP contribution < -0.4 is 4.90 Å². The minimum atomic E-state index is -0.894. The molecule has 4 nitrogen and oxygen atoms in total. The third-order valence-electron chi connectivity index (χ3n) is 4.50. The van der Waals surface area contributed by atoms with Gasteiger partial charge in [-0.2, -0.15) is 0 Å². The van der Waals surface area contributed by atoms with E-state index in [1.807, 2.05) is 0 Å². The van der Waals surface area contributed by atoms with Gasteiger partial charge in [0.2, 0.25) is 0 Å². The summed E-state index contributed by atoms with van der Waals surface area (Å²) in [5, 5.41) is 0. The number of benzene rings is 1. The largest absolute Gasteiger partial charge is 0.381 e. The van der Waals surface area contributed by atoms with E-state index in [4.69, 9.17) is 4.74 Å². The lowest BCUT2D eigenvalue weighted by molar-refractivity contribution is -0.000454. The van der Waals surface area contributed by atoms with Crippen LogP contribution in [-0.2, 0) is 4.74 Å². The van der Waals surface area contributed by atoms with Crippen LogP contribution in [0.4, 0.5) is 14.6 Å². The van der Waals surface area contributed by atoms with E-state index in [0.29, 0.717) is 16.4 Å². The summed E-state index contributed by atoms with van der Waals surface area (Å²) in [6.45, 7) is 3.50. The van der Waals surface area contributed by atoms with E-state index in [-0.39, 0.29) is 0 Å². The third-order valence-corrected chi connectivity index (χ3v) is 4.50. The van der Waals surface area contributed by atoms with Gasteiger partial charge in [0.05, 0.1) is 17.2 Å². The standard InChI is InChI=1S/C15H15F2N3O/c16-10-5-12-13(6-11(10)17)19-14(7-18-12)20-8-15(9-20)1-3-21-4-2-15/h5-7H,1-4,8-9H2. The van der Waals surface area contributed by atoms with E-state index >= 15 is 0 Å². The number of anilines is 1. The van der Waals surface area contributed by atoms with Crippen molar-refractivity contribution >= 4 is 16.9 Å². The molecular formula is C15H15F2N3O. The van der Waals surface area contributed by atoms with E-state index in [2.05, 4.69) is 14.9 Å². The second kappa shape index (κ2) is 4.59. The molecule has 6 heteroatoms. The number of hydrogen-bond donors (Lipinski definition) is 0. The fourth-order valence-electron chi connectivity index (χ4n) is 3.20. The van der Waals surface area contributed by atoms with Crippen LogP contribution in [0.5, 0.6) is 0 Å². The average Bonchev–Trinajstić information content (AvgIpc) is 2.46. The molecule has 0 unspecified atom stereocenters. The second-order valence-corrected chi connectivity index (χ2v) is 5.95. The van der Waals surface area contributed by atoms with Crippen LogP contribution in [-0.4, -0.2) is 36.3 Å². The van der Waals surface area contributed by atoms with Crippen molar-refractivity contribution in [2.45, 2.75) is 12.8 Å². The first-order chi connectivity index (χ1) is 10.2. The van der Waals surface area contributed by atoms with Gasteiger partial charge in [-0.1, -0.05) is 0 Å². The maximum atomic E-state index is 13.3. The SMILES string of the molecule is Fc1cc2ncc(N3CC4(CCOCC4)C3)nc2cc1F. The number of aromatic nitrogens is 2. The molecule has 1 aromatic heterocycles. The predicted octanol–water partition coefficient (Wildman–Crippen LogP) is 2.52. The zero-order chi connectivity index (χ0) is 14.4. The molecule has 2 saturated heterocycles. The molecule has 1 spiro atoms. The molecule has 0 saturated carbocycles. The summed E-state index contributed by atoms with van der Waals surface area (Å²) < 4.78 is 31.9. The summed E-state index contributed by atoms with van der Waals surface area (Å²) >= 11 is 0. The number of halogens is 2. The van der Waals surface area contributed by atoms with Crippen LogP contribution >= 0.6 is 0 Å². The Labute approximate surface area is 120 Å². The number of hydrogen-bond acceptors (Lipinski definition) is 4. The summed E-state index contributed by atoms with van der Waals surface area (Å²) in [6, 6.07) is 2.18. The summed E-state index contributed by atoms with van der Waals surface area (Å²) in [6.07, 6.45) is 3.78. The molecule has 0 bridgehead atoms. The minimum absolute atomic E-state index is 0.336. The van der Waals surface area contributed by atoms with Gasteiger partial charge in [0, 0.05) is 43.9 Å². The molecule has 1 aromatic carbocycles. The normalized spacial score (nSPS) is 20.8. The quantitative estimate of drug-likeness (QED) is 0.809. The van der Waals surface area contributed by atoms with E-state index < -0.39 is 11.6 Å². The smallest absolute Gasteiger partial charge is 0.161 e. The van der Waals surface area contributed by atoms with Crippen molar-refractivity contribution in [1.29, 1.82) is 0 Å². The van der Waals surface area contributed by atoms with Gasteiger partial charge < -0.3 is 9.64 Å². The van der Waals surface area contributed by atoms with Crippen LogP contribution in [0, 0.1) is 17.0 Å². The number of nitrogens with zero attached hydrogens (tertiary/aromatic N) is 3. The Bertz CT molecular complexity index is 693. The highest BCUT2D eigenvalue weighted by atomic mass is 19.2. The maximum Gasteiger partial charge on any atom is 0.161 e. The van der Waals surface area contributed by atoms with Crippen molar-refractivity contribution in [2.24, 2.45) is 5.41 Å². The van der Waals surface area contributed by atoms with E-state index in [1.54, 1.807) is 6.20 Å². The molecule has 0 N–H and O–H groups in total. The monoisotopic (exact) mass is 291 g/mol. The average molecular weight is 291 g/mol. The van der Waals surface area contributed by atoms with Gasteiger partial charge in [0.25, 0.3) is 0 Å². The first-order valence-electron chi connectivity index (χ1n) is 7.10. The summed E-state index contributed by atoms with van der Waals surface area (Å²) in [5.41, 5.74) is 1.10. The van der Waals surface area contributed by atoms with Gasteiger partial charge in [-0.15, -0.1) is 0 Å². The maximum absolute atomic E-state index is 13.3. The zero-order valence-corrected chi connectivity index (χ0v) is 11.5. The lowest BCUT2D eigenvalue weighted by Crippen LogP contribution is -2.58. The van der Waals surface area contributed by atoms with Crippen molar-refractivity contribution in [1.82, 2.24) is 9.97 Å². The van der Waals surface area contributed by atoms with Crippen LogP contribution in [0.25, 0.3) is 11.0 Å². The molecule has 3 heterocycles. The summed E-state index contributed by atoms with van der Waals surface area (Å²) in [7, 11) is 0. The fraction of sp³-hybridized carbons (Fsp3) is 0.467. The summed E-state index contributed by atoms with van der Waals surface area (Å²) in [5.74, 6) is -1.06. The van der Waals surface area contributed by atoms with Gasteiger partial charge in [0.1, 0.15) is 5.82 Å². The molecule has 4 rings (SSSR count). The van der Waals surface area contributed by atoms with E-state index in [0.717, 1.165) is 57.1 Å². The lowest BCUT2D eigenvalue weighted by atomic mass is 9.73. The lowest BCUT2D eigenvalue weighted by Gasteiger charge is -2.52. The highest BCUT2D eigenvalue weighted by Crippen LogP contribution is 2.41. The number of fused-ring (bicyclic) bond motifs is 1. The van der Waals surface area contributed by atoms with Crippen molar-refractivity contribution in [3.63, 3.8) is 0 Å². The van der Waals surface area contributed by atoms with Crippen LogP contribution in [0.2, 0.25) is 0 Å². The molecular weight excluding hydrogens is 276 g/mol. The van der Waals surface area contributed by atoms with Crippen molar-refractivity contribution in [3.05, 3.63) is 30.0 Å². The van der Waals surface area contributed by atoms with Crippen molar-refractivity contribution in [3.8, 4) is 0 Å². The Balaban J connectivity index is 1.59.